The van der Waals surface area contributed by atoms with Gasteiger partial charge in [-0.1, -0.05) is 29.8 Å². The highest BCUT2D eigenvalue weighted by atomic mass is 16.5. The minimum absolute atomic E-state index is 0.219. The van der Waals surface area contributed by atoms with Crippen LogP contribution in [0.15, 0.2) is 65.4 Å². The van der Waals surface area contributed by atoms with Gasteiger partial charge in [-0.3, -0.25) is 9.69 Å². The van der Waals surface area contributed by atoms with Gasteiger partial charge in [0.25, 0.3) is 5.91 Å². The average Bonchev–Trinajstić information content (AvgIpc) is 2.96. The zero-order chi connectivity index (χ0) is 21.1. The normalized spacial score (nSPS) is 15.1. The Morgan fingerprint density at radius 2 is 1.59 bits per heavy atom. The van der Waals surface area contributed by atoms with Crippen LogP contribution in [0.25, 0.3) is 6.08 Å². The number of nitrogens with zero attached hydrogens (tertiary/aromatic N) is 1. The molecule has 1 heterocycles. The number of carbonyl (C=O) groups is 3. The van der Waals surface area contributed by atoms with Crippen LogP contribution in [0.4, 0.5) is 5.69 Å². The molecule has 0 fully saturated rings. The molecule has 0 bridgehead atoms. The van der Waals surface area contributed by atoms with Gasteiger partial charge in [0, 0.05) is 11.4 Å². The van der Waals surface area contributed by atoms with E-state index in [9.17, 15) is 14.4 Å². The third-order valence-electron chi connectivity index (χ3n) is 4.69. The molecule has 0 spiro atoms. The van der Waals surface area contributed by atoms with Crippen LogP contribution in [-0.4, -0.2) is 32.1 Å². The van der Waals surface area contributed by atoms with Crippen LogP contribution >= 0.6 is 0 Å². The van der Waals surface area contributed by atoms with E-state index in [4.69, 9.17) is 9.47 Å². The number of rotatable bonds is 4. The summed E-state index contributed by atoms with van der Waals surface area (Å²) in [6.07, 6.45) is 1.69. The highest BCUT2D eigenvalue weighted by Crippen LogP contribution is 2.35. The van der Waals surface area contributed by atoms with Crippen LogP contribution in [0.5, 0.6) is 0 Å². The van der Waals surface area contributed by atoms with Gasteiger partial charge in [0.1, 0.15) is 0 Å². The second-order valence-corrected chi connectivity index (χ2v) is 6.60. The number of anilines is 1. The maximum Gasteiger partial charge on any atom is 0.340 e. The Hall–Kier alpha value is -3.67. The maximum atomic E-state index is 13.2. The minimum Gasteiger partial charge on any atom is -0.465 e. The van der Waals surface area contributed by atoms with Gasteiger partial charge in [0.05, 0.1) is 30.9 Å². The zero-order valence-electron chi connectivity index (χ0n) is 16.7. The number of methoxy groups -OCH3 is 2. The lowest BCUT2D eigenvalue weighted by molar-refractivity contribution is -0.136. The lowest BCUT2D eigenvalue weighted by atomic mass is 10.0. The molecule has 2 aromatic rings. The van der Waals surface area contributed by atoms with Crippen LogP contribution in [0.1, 0.15) is 28.4 Å². The molecule has 2 aromatic carbocycles. The van der Waals surface area contributed by atoms with Gasteiger partial charge in [-0.05, 0) is 49.8 Å². The smallest absolute Gasteiger partial charge is 0.340 e. The molecule has 6 heteroatoms. The summed E-state index contributed by atoms with van der Waals surface area (Å²) in [5.41, 5.74) is 3.70. The van der Waals surface area contributed by atoms with Crippen LogP contribution in [0.3, 0.4) is 0 Å². The van der Waals surface area contributed by atoms with E-state index in [1.165, 1.54) is 19.1 Å². The van der Waals surface area contributed by atoms with Crippen molar-refractivity contribution in [2.24, 2.45) is 0 Å². The number of allylic oxidation sites excluding steroid dienone is 1. The van der Waals surface area contributed by atoms with E-state index in [0.29, 0.717) is 16.9 Å². The molecule has 0 N–H and O–H groups in total. The number of ether oxygens (including phenoxy) is 2. The van der Waals surface area contributed by atoms with Crippen LogP contribution in [0, 0.1) is 6.92 Å². The molecule has 1 aliphatic heterocycles. The highest BCUT2D eigenvalue weighted by Gasteiger charge is 2.37. The Bertz CT molecular complexity index is 1050. The summed E-state index contributed by atoms with van der Waals surface area (Å²) in [6.45, 7) is 3.64. The van der Waals surface area contributed by atoms with E-state index in [2.05, 4.69) is 0 Å². The van der Waals surface area contributed by atoms with Crippen LogP contribution < -0.4 is 4.90 Å². The van der Waals surface area contributed by atoms with Crippen molar-refractivity contribution in [3.8, 4) is 0 Å². The standard InChI is InChI=1S/C23H21NO5/c1-14-6-5-7-16(12-14)13-19-20(23(27)29-4)15(2)24(21(19)25)18-10-8-17(9-11-18)22(26)28-3/h5-13H,1-4H3. The summed E-state index contributed by atoms with van der Waals surface area (Å²) in [5.74, 6) is -1.38. The predicted octanol–water partition coefficient (Wildman–Crippen LogP) is 3.66. The monoisotopic (exact) mass is 391 g/mol. The van der Waals surface area contributed by atoms with Gasteiger partial charge >= 0.3 is 11.9 Å². The van der Waals surface area contributed by atoms with E-state index in [0.717, 1.165) is 11.1 Å². The van der Waals surface area contributed by atoms with Crippen molar-refractivity contribution >= 4 is 29.6 Å². The lowest BCUT2D eigenvalue weighted by Gasteiger charge is -2.18. The molecule has 0 saturated carbocycles. The lowest BCUT2D eigenvalue weighted by Crippen LogP contribution is -2.24. The Morgan fingerprint density at radius 3 is 2.17 bits per heavy atom. The van der Waals surface area contributed by atoms with Crippen molar-refractivity contribution in [1.29, 1.82) is 0 Å². The molecule has 0 aliphatic carbocycles. The number of hydrogen-bond acceptors (Lipinski definition) is 5. The summed E-state index contributed by atoms with van der Waals surface area (Å²) in [6, 6.07) is 14.1. The van der Waals surface area contributed by atoms with Gasteiger partial charge in [-0.25, -0.2) is 9.59 Å². The molecular formula is C23H21NO5. The average molecular weight is 391 g/mol. The maximum absolute atomic E-state index is 13.2. The van der Waals surface area contributed by atoms with Crippen LogP contribution in [0.2, 0.25) is 0 Å². The van der Waals surface area contributed by atoms with E-state index in [1.807, 2.05) is 31.2 Å². The van der Waals surface area contributed by atoms with E-state index >= 15 is 0 Å². The number of amides is 1. The fourth-order valence-corrected chi connectivity index (χ4v) is 3.28. The zero-order valence-corrected chi connectivity index (χ0v) is 16.7. The number of hydrogen-bond donors (Lipinski definition) is 0. The second-order valence-electron chi connectivity index (χ2n) is 6.60. The molecule has 29 heavy (non-hydrogen) atoms. The van der Waals surface area contributed by atoms with Crippen molar-refractivity contribution in [3.63, 3.8) is 0 Å². The number of carbonyl (C=O) groups excluding carboxylic acids is 3. The number of benzene rings is 2. The number of esters is 2. The summed E-state index contributed by atoms with van der Waals surface area (Å²) in [7, 11) is 2.59. The van der Waals surface area contributed by atoms with E-state index in [1.54, 1.807) is 37.3 Å². The Morgan fingerprint density at radius 1 is 0.931 bits per heavy atom. The second kappa shape index (κ2) is 8.14. The van der Waals surface area contributed by atoms with Crippen molar-refractivity contribution in [1.82, 2.24) is 0 Å². The first-order chi connectivity index (χ1) is 13.9. The van der Waals surface area contributed by atoms with E-state index in [-0.39, 0.29) is 17.1 Å². The summed E-state index contributed by atoms with van der Waals surface area (Å²) in [4.78, 5) is 38.8. The fourth-order valence-electron chi connectivity index (χ4n) is 3.28. The molecule has 148 valence electrons. The van der Waals surface area contributed by atoms with Crippen molar-refractivity contribution in [2.45, 2.75) is 13.8 Å². The molecule has 0 saturated heterocycles. The topological polar surface area (TPSA) is 72.9 Å². The van der Waals surface area contributed by atoms with Crippen LogP contribution in [-0.2, 0) is 19.1 Å². The molecule has 1 aliphatic rings. The van der Waals surface area contributed by atoms with Gasteiger partial charge in [-0.2, -0.15) is 0 Å². The highest BCUT2D eigenvalue weighted by molar-refractivity contribution is 6.23. The van der Waals surface area contributed by atoms with Crippen molar-refractivity contribution < 1.29 is 23.9 Å². The quantitative estimate of drug-likeness (QED) is 0.587. The minimum atomic E-state index is -0.580. The third-order valence-corrected chi connectivity index (χ3v) is 4.69. The molecule has 0 unspecified atom stereocenters. The largest absolute Gasteiger partial charge is 0.465 e. The van der Waals surface area contributed by atoms with Crippen molar-refractivity contribution in [3.05, 3.63) is 82.1 Å². The summed E-state index contributed by atoms with van der Waals surface area (Å²) in [5, 5.41) is 0. The van der Waals surface area contributed by atoms with Gasteiger partial charge < -0.3 is 9.47 Å². The predicted molar refractivity (Wildman–Crippen MR) is 109 cm³/mol. The molecular weight excluding hydrogens is 370 g/mol. The molecule has 0 radical (unpaired) electrons. The summed E-state index contributed by atoms with van der Waals surface area (Å²) < 4.78 is 9.62. The number of aryl methyl sites for hydroxylation is 1. The van der Waals surface area contributed by atoms with Gasteiger partial charge in [0.15, 0.2) is 0 Å². The molecule has 0 aromatic heterocycles. The first-order valence-electron chi connectivity index (χ1n) is 8.98. The summed E-state index contributed by atoms with van der Waals surface area (Å²) >= 11 is 0. The fraction of sp³-hybridized carbons (Fsp3) is 0.174. The Kier molecular flexibility index (Phi) is 5.64. The third kappa shape index (κ3) is 3.82. The van der Waals surface area contributed by atoms with Crippen molar-refractivity contribution in [2.75, 3.05) is 19.1 Å². The van der Waals surface area contributed by atoms with Gasteiger partial charge in [-0.15, -0.1) is 0 Å². The van der Waals surface area contributed by atoms with Gasteiger partial charge in [0.2, 0.25) is 0 Å². The SMILES string of the molecule is COC(=O)C1=C(C)N(c2ccc(C(=O)OC)cc2)C(=O)C1=Cc1cccc(C)c1. The molecule has 0 atom stereocenters. The molecule has 1 amide bonds. The van der Waals surface area contributed by atoms with E-state index < -0.39 is 11.9 Å². The molecule has 6 nitrogen and oxygen atoms in total. The Labute approximate surface area is 169 Å². The Balaban J connectivity index is 2.08. The first kappa shape index (κ1) is 20.1. The molecule has 3 rings (SSSR count). The first-order valence-corrected chi connectivity index (χ1v) is 8.98.